The van der Waals surface area contributed by atoms with Crippen molar-refractivity contribution in [3.63, 3.8) is 0 Å². The highest BCUT2D eigenvalue weighted by molar-refractivity contribution is 8.00. The molecule has 5 rings (SSSR count). The van der Waals surface area contributed by atoms with Crippen LogP contribution in [-0.4, -0.2) is 38.9 Å². The third-order valence-corrected chi connectivity index (χ3v) is 6.74. The highest BCUT2D eigenvalue weighted by Crippen LogP contribution is 2.30. The number of hydrogen-bond acceptors (Lipinski definition) is 7. The third-order valence-electron chi connectivity index (χ3n) is 5.97. The highest BCUT2D eigenvalue weighted by atomic mass is 32.2. The number of carbonyl (C=O) groups is 1. The lowest BCUT2D eigenvalue weighted by Gasteiger charge is -2.23. The van der Waals surface area contributed by atoms with E-state index in [0.717, 1.165) is 33.0 Å². The molecule has 182 valence electrons. The summed E-state index contributed by atoms with van der Waals surface area (Å²) < 4.78 is 9.31. The van der Waals surface area contributed by atoms with Crippen LogP contribution in [-0.2, 0) is 6.54 Å². The second kappa shape index (κ2) is 10.8. The smallest absolute Gasteiger partial charge is 0.254 e. The van der Waals surface area contributed by atoms with Gasteiger partial charge in [-0.05, 0) is 73.7 Å². The van der Waals surface area contributed by atoms with Crippen LogP contribution in [0.15, 0.2) is 77.8 Å². The zero-order valence-corrected chi connectivity index (χ0v) is 21.1. The Balaban J connectivity index is 1.47. The molecule has 3 heterocycles. The number of fused-ring (bicyclic) bond motifs is 4. The summed E-state index contributed by atoms with van der Waals surface area (Å²) in [6, 6.07) is 21.4. The molecule has 8 heteroatoms. The molecule has 4 bridgehead atoms. The Morgan fingerprint density at radius 2 is 1.83 bits per heavy atom. The van der Waals surface area contributed by atoms with E-state index in [1.54, 1.807) is 6.20 Å². The number of ether oxygens (including phenoxy) is 1. The minimum Gasteiger partial charge on any atom is -0.477 e. The van der Waals surface area contributed by atoms with E-state index in [1.165, 1.54) is 11.9 Å². The second-order valence-electron chi connectivity index (χ2n) is 8.66. The number of anilines is 1. The van der Waals surface area contributed by atoms with Gasteiger partial charge in [0.2, 0.25) is 11.8 Å². The fraction of sp³-hybridized carbons (Fsp3) is 0.214. The van der Waals surface area contributed by atoms with Gasteiger partial charge < -0.3 is 9.64 Å². The van der Waals surface area contributed by atoms with Gasteiger partial charge in [0.15, 0.2) is 0 Å². The molecule has 1 amide bonds. The topological polar surface area (TPSA) is 80.2 Å². The van der Waals surface area contributed by atoms with Gasteiger partial charge >= 0.3 is 0 Å². The van der Waals surface area contributed by atoms with E-state index < -0.39 is 0 Å². The van der Waals surface area contributed by atoms with Gasteiger partial charge in [-0.15, -0.1) is 0 Å². The monoisotopic (exact) mass is 497 g/mol. The number of nitrogens with zero attached hydrogens (tertiary/aromatic N) is 4. The predicted octanol–water partition coefficient (Wildman–Crippen LogP) is 5.70. The molecule has 7 nitrogen and oxygen atoms in total. The predicted molar refractivity (Wildman–Crippen MR) is 142 cm³/mol. The normalized spacial score (nSPS) is 13.9. The van der Waals surface area contributed by atoms with Crippen molar-refractivity contribution in [3.8, 4) is 17.1 Å². The standard InChI is InChI=1S/C28H27N5O2S/c1-19-8-5-9-20(2)26(19)24-17-25-31-28(30-24)32-36-23-12-6-10-21(16-23)27(34)33(14-7-15-35-25)18-22-11-3-4-13-29-22/h3-6,8-13,16-17H,7,14-15,18H2,1-2H3,(H,30,31,32). The van der Waals surface area contributed by atoms with Crippen LogP contribution in [0.25, 0.3) is 11.3 Å². The molecule has 0 fully saturated rings. The van der Waals surface area contributed by atoms with Crippen LogP contribution in [0.2, 0.25) is 0 Å². The van der Waals surface area contributed by atoms with Crippen LogP contribution in [0, 0.1) is 13.8 Å². The Morgan fingerprint density at radius 3 is 2.64 bits per heavy atom. The summed E-state index contributed by atoms with van der Waals surface area (Å²) >= 11 is 1.36. The van der Waals surface area contributed by atoms with Crippen LogP contribution in [0.3, 0.4) is 0 Å². The zero-order chi connectivity index (χ0) is 24.9. The molecule has 0 aliphatic carbocycles. The van der Waals surface area contributed by atoms with Gasteiger partial charge in [-0.3, -0.25) is 14.5 Å². The van der Waals surface area contributed by atoms with E-state index in [9.17, 15) is 4.79 Å². The molecule has 2 aromatic carbocycles. The lowest BCUT2D eigenvalue weighted by molar-refractivity contribution is 0.0731. The molecule has 1 aliphatic rings. The number of aromatic nitrogens is 3. The summed E-state index contributed by atoms with van der Waals surface area (Å²) in [6.45, 7) is 5.55. The van der Waals surface area contributed by atoms with Crippen LogP contribution in [0.5, 0.6) is 5.88 Å². The van der Waals surface area contributed by atoms with Crippen molar-refractivity contribution in [1.82, 2.24) is 19.9 Å². The molecular weight excluding hydrogens is 470 g/mol. The van der Waals surface area contributed by atoms with Gasteiger partial charge in [-0.2, -0.15) is 4.98 Å². The van der Waals surface area contributed by atoms with Gasteiger partial charge in [0, 0.05) is 34.8 Å². The van der Waals surface area contributed by atoms with Crippen LogP contribution >= 0.6 is 11.9 Å². The lowest BCUT2D eigenvalue weighted by atomic mass is 10.00. The van der Waals surface area contributed by atoms with E-state index in [-0.39, 0.29) is 5.91 Å². The summed E-state index contributed by atoms with van der Waals surface area (Å²) in [5.41, 5.74) is 5.65. The summed E-state index contributed by atoms with van der Waals surface area (Å²) in [5, 5.41) is 0. The zero-order valence-electron chi connectivity index (χ0n) is 20.3. The van der Waals surface area contributed by atoms with E-state index in [0.29, 0.717) is 43.5 Å². The Morgan fingerprint density at radius 1 is 1.00 bits per heavy atom. The van der Waals surface area contributed by atoms with Crippen molar-refractivity contribution in [2.75, 3.05) is 17.9 Å². The number of hydrogen-bond donors (Lipinski definition) is 1. The maximum atomic E-state index is 13.4. The summed E-state index contributed by atoms with van der Waals surface area (Å²) in [5.74, 6) is 0.923. The average molecular weight is 498 g/mol. The van der Waals surface area contributed by atoms with Crippen LogP contribution in [0.1, 0.15) is 33.6 Å². The summed E-state index contributed by atoms with van der Waals surface area (Å²) in [4.78, 5) is 29.9. The van der Waals surface area contributed by atoms with Gasteiger partial charge in [0.05, 0.1) is 24.5 Å². The Kier molecular flexibility index (Phi) is 7.13. The molecular formula is C28H27N5O2S. The second-order valence-corrected chi connectivity index (χ2v) is 9.54. The highest BCUT2D eigenvalue weighted by Gasteiger charge is 2.19. The number of pyridine rings is 1. The molecule has 1 N–H and O–H groups in total. The molecule has 0 spiro atoms. The first-order valence-corrected chi connectivity index (χ1v) is 12.7. The number of amides is 1. The van der Waals surface area contributed by atoms with E-state index in [1.807, 2.05) is 59.5 Å². The first-order valence-electron chi connectivity index (χ1n) is 11.9. The van der Waals surface area contributed by atoms with Gasteiger partial charge in [-0.25, -0.2) is 4.98 Å². The average Bonchev–Trinajstić information content (AvgIpc) is 2.89. The number of rotatable bonds is 3. The number of carbonyl (C=O) groups excluding carboxylic acids is 1. The first kappa shape index (κ1) is 23.8. The van der Waals surface area contributed by atoms with Gasteiger partial charge in [0.1, 0.15) is 0 Å². The summed E-state index contributed by atoms with van der Waals surface area (Å²) in [7, 11) is 0. The molecule has 0 saturated carbocycles. The van der Waals surface area contributed by atoms with E-state index in [2.05, 4.69) is 40.7 Å². The van der Waals surface area contributed by atoms with Crippen molar-refractivity contribution in [2.45, 2.75) is 31.7 Å². The molecule has 36 heavy (non-hydrogen) atoms. The lowest BCUT2D eigenvalue weighted by Crippen LogP contribution is -2.32. The van der Waals surface area contributed by atoms with E-state index in [4.69, 9.17) is 9.72 Å². The summed E-state index contributed by atoms with van der Waals surface area (Å²) in [6.07, 6.45) is 2.40. The molecule has 2 aromatic heterocycles. The Hall–Kier alpha value is -3.91. The molecule has 4 aromatic rings. The van der Waals surface area contributed by atoms with Crippen molar-refractivity contribution in [1.29, 1.82) is 0 Å². The number of aryl methyl sites for hydroxylation is 2. The molecule has 0 unspecified atom stereocenters. The fourth-order valence-corrected chi connectivity index (χ4v) is 4.88. The van der Waals surface area contributed by atoms with Crippen LogP contribution in [0.4, 0.5) is 5.95 Å². The SMILES string of the molecule is Cc1cccc(C)c1-c1cc2nc(n1)NSc1cccc(c1)C(=O)N(Cc1ccccn1)CCCO2. The van der Waals surface area contributed by atoms with Crippen LogP contribution < -0.4 is 9.46 Å². The Bertz CT molecular complexity index is 1360. The van der Waals surface area contributed by atoms with Crippen molar-refractivity contribution < 1.29 is 9.53 Å². The largest absolute Gasteiger partial charge is 0.477 e. The van der Waals surface area contributed by atoms with Crippen molar-refractivity contribution >= 4 is 23.8 Å². The van der Waals surface area contributed by atoms with Crippen molar-refractivity contribution in [2.24, 2.45) is 0 Å². The minimum atomic E-state index is -0.0350. The number of nitrogens with one attached hydrogen (secondary N) is 1. The molecule has 0 saturated heterocycles. The minimum absolute atomic E-state index is 0.0350. The maximum absolute atomic E-state index is 13.4. The number of benzene rings is 2. The molecule has 0 radical (unpaired) electrons. The molecule has 0 atom stereocenters. The van der Waals surface area contributed by atoms with Crippen molar-refractivity contribution in [3.05, 3.63) is 95.3 Å². The molecule has 1 aliphatic heterocycles. The van der Waals surface area contributed by atoms with Gasteiger partial charge in [0.25, 0.3) is 5.91 Å². The first-order chi connectivity index (χ1) is 17.6. The maximum Gasteiger partial charge on any atom is 0.254 e. The van der Waals surface area contributed by atoms with E-state index >= 15 is 0 Å². The third kappa shape index (κ3) is 5.49. The fourth-order valence-electron chi connectivity index (χ4n) is 4.24. The Labute approximate surface area is 215 Å². The van der Waals surface area contributed by atoms with Gasteiger partial charge in [-0.1, -0.05) is 30.3 Å². The quantitative estimate of drug-likeness (QED) is 0.364.